The highest BCUT2D eigenvalue weighted by Gasteiger charge is 2.27. The Bertz CT molecular complexity index is 2750. The van der Waals surface area contributed by atoms with Crippen LogP contribution < -0.4 is 0 Å². The lowest BCUT2D eigenvalue weighted by Gasteiger charge is -2.19. The van der Waals surface area contributed by atoms with Crippen molar-refractivity contribution in [2.45, 2.75) is 27.4 Å². The highest BCUT2D eigenvalue weighted by molar-refractivity contribution is 6.11. The van der Waals surface area contributed by atoms with Crippen LogP contribution in [0, 0.1) is 50.1 Å². The summed E-state index contributed by atoms with van der Waals surface area (Å²) in [4.78, 5) is 5.11. The lowest BCUT2D eigenvalue weighted by molar-refractivity contribution is 1.00. The van der Waals surface area contributed by atoms with Crippen LogP contribution in [0.4, 0.5) is 0 Å². The molecule has 0 amide bonds. The Morgan fingerprint density at radius 2 is 0.891 bits per heavy atom. The normalized spacial score (nSPS) is 16.4. The molecule has 5 heteroatoms. The van der Waals surface area contributed by atoms with Gasteiger partial charge in [0.15, 0.2) is 11.6 Å². The van der Waals surface area contributed by atoms with Gasteiger partial charge in [0, 0.05) is 43.6 Å². The van der Waals surface area contributed by atoms with Crippen LogP contribution in [0.2, 0.25) is 0 Å². The lowest BCUT2D eigenvalue weighted by atomic mass is 9.95. The van der Waals surface area contributed by atoms with E-state index in [1.165, 1.54) is 48.5 Å². The Balaban J connectivity index is 1.58. The standard InChI is InChI=1S/C41H29N5/c1-24-10-14-35-29(18-24)30-19-25(2)11-15-36(30)45(35)40-33(22-42)39(28-8-6-5-7-9-28)34(23-43)41(44-40)46-37-16-12-26(3)20-31(37)32-21-27(4)13-17-38(32)46/h5-21H,1-4H3/i1D3,2D3,3D3,4D3. The average molecular weight is 604 g/mol. The van der Waals surface area contributed by atoms with Crippen molar-refractivity contribution in [3.8, 4) is 34.9 Å². The quantitative estimate of drug-likeness (QED) is 0.202. The number of fused-ring (bicyclic) bond motifs is 6. The van der Waals surface area contributed by atoms with Crippen LogP contribution in [0.5, 0.6) is 0 Å². The molecule has 3 heterocycles. The summed E-state index contributed by atoms with van der Waals surface area (Å²) in [7, 11) is 0. The van der Waals surface area contributed by atoms with Crippen LogP contribution in [0.1, 0.15) is 49.8 Å². The maximum Gasteiger partial charge on any atom is 0.158 e. The number of nitriles is 2. The van der Waals surface area contributed by atoms with Gasteiger partial charge in [0.1, 0.15) is 23.3 Å². The van der Waals surface area contributed by atoms with E-state index in [1.807, 2.05) is 0 Å². The Labute approximate surface area is 283 Å². The molecule has 5 nitrogen and oxygen atoms in total. The second-order valence-corrected chi connectivity index (χ2v) is 11.1. The van der Waals surface area contributed by atoms with Gasteiger partial charge in [-0.25, -0.2) is 4.98 Å². The smallest absolute Gasteiger partial charge is 0.158 e. The van der Waals surface area contributed by atoms with Crippen molar-refractivity contribution in [1.29, 1.82) is 10.5 Å². The van der Waals surface area contributed by atoms with E-state index in [9.17, 15) is 10.5 Å². The first-order chi connectivity index (χ1) is 27.2. The molecule has 0 aliphatic heterocycles. The maximum atomic E-state index is 11.0. The van der Waals surface area contributed by atoms with Crippen LogP contribution in [0.15, 0.2) is 103 Å². The first-order valence-corrected chi connectivity index (χ1v) is 14.3. The monoisotopic (exact) mass is 603 g/mol. The number of aromatic nitrogens is 3. The highest BCUT2D eigenvalue weighted by atomic mass is 15.1. The molecule has 0 fully saturated rings. The maximum absolute atomic E-state index is 11.0. The van der Waals surface area contributed by atoms with E-state index in [1.54, 1.807) is 63.7 Å². The topological polar surface area (TPSA) is 70.3 Å². The fraction of sp³-hybridized carbons (Fsp3) is 0.0976. The summed E-state index contributed by atoms with van der Waals surface area (Å²) in [5, 5.41) is 23.6. The van der Waals surface area contributed by atoms with E-state index < -0.39 is 27.4 Å². The van der Waals surface area contributed by atoms with Crippen molar-refractivity contribution < 1.29 is 16.4 Å². The van der Waals surface area contributed by atoms with Crippen molar-refractivity contribution >= 4 is 43.6 Å². The molecule has 0 radical (unpaired) electrons. The molecule has 0 unspecified atom stereocenters. The minimum atomic E-state index is -2.50. The molecule has 5 aromatic carbocycles. The summed E-state index contributed by atoms with van der Waals surface area (Å²) >= 11 is 0. The molecule has 0 aliphatic rings. The van der Waals surface area contributed by atoms with Crippen LogP contribution in [-0.2, 0) is 0 Å². The van der Waals surface area contributed by atoms with Crippen molar-refractivity contribution in [2.75, 3.05) is 0 Å². The molecule has 218 valence electrons. The summed E-state index contributed by atoms with van der Waals surface area (Å²) < 4.78 is 101. The van der Waals surface area contributed by atoms with E-state index >= 15 is 0 Å². The van der Waals surface area contributed by atoms with Gasteiger partial charge < -0.3 is 0 Å². The third-order valence-electron chi connectivity index (χ3n) is 8.40. The van der Waals surface area contributed by atoms with Gasteiger partial charge in [0.2, 0.25) is 0 Å². The second kappa shape index (κ2) is 10.2. The summed E-state index contributed by atoms with van der Waals surface area (Å²) in [5.41, 5.74) is 2.31. The largest absolute Gasteiger partial charge is 0.293 e. The third-order valence-corrected chi connectivity index (χ3v) is 8.40. The van der Waals surface area contributed by atoms with E-state index in [-0.39, 0.29) is 50.6 Å². The van der Waals surface area contributed by atoms with Gasteiger partial charge in [-0.15, -0.1) is 0 Å². The summed E-state index contributed by atoms with van der Waals surface area (Å²) in [6.45, 7) is -10.0. The number of hydrogen-bond donors (Lipinski definition) is 0. The van der Waals surface area contributed by atoms with Gasteiger partial charge in [0.05, 0.1) is 22.1 Å². The average Bonchev–Trinajstić information content (AvgIpc) is 3.67. The van der Waals surface area contributed by atoms with Gasteiger partial charge in [-0.05, 0) is 81.5 Å². The molecule has 0 saturated carbocycles. The molecule has 0 atom stereocenters. The first kappa shape index (κ1) is 17.4. The van der Waals surface area contributed by atoms with Gasteiger partial charge in [0.25, 0.3) is 0 Å². The lowest BCUT2D eigenvalue weighted by Crippen LogP contribution is -2.11. The minimum absolute atomic E-state index is 0.00966. The Morgan fingerprint density at radius 3 is 1.22 bits per heavy atom. The van der Waals surface area contributed by atoms with Crippen molar-refractivity contribution in [3.63, 3.8) is 0 Å². The van der Waals surface area contributed by atoms with Crippen LogP contribution in [0.3, 0.4) is 0 Å². The predicted octanol–water partition coefficient (Wildman–Crippen LogP) is 9.92. The molecule has 46 heavy (non-hydrogen) atoms. The number of hydrogen-bond acceptors (Lipinski definition) is 3. The van der Waals surface area contributed by atoms with Gasteiger partial charge in [-0.2, -0.15) is 10.5 Å². The number of rotatable bonds is 3. The van der Waals surface area contributed by atoms with E-state index in [0.29, 0.717) is 49.2 Å². The van der Waals surface area contributed by atoms with Crippen LogP contribution >= 0.6 is 0 Å². The molecule has 0 bridgehead atoms. The molecule has 0 aliphatic carbocycles. The van der Waals surface area contributed by atoms with E-state index in [4.69, 9.17) is 21.4 Å². The zero-order valence-electron chi connectivity index (χ0n) is 36.1. The van der Waals surface area contributed by atoms with Gasteiger partial charge in [-0.3, -0.25) is 9.13 Å². The zero-order chi connectivity index (χ0) is 41.7. The molecular weight excluding hydrogens is 562 g/mol. The number of benzene rings is 5. The predicted molar refractivity (Wildman–Crippen MR) is 187 cm³/mol. The Kier molecular flexibility index (Phi) is 3.85. The van der Waals surface area contributed by atoms with E-state index in [0.717, 1.165) is 0 Å². The van der Waals surface area contributed by atoms with E-state index in [2.05, 4.69) is 12.1 Å². The zero-order valence-corrected chi connectivity index (χ0v) is 24.1. The SMILES string of the molecule is [2H]C([2H])([2H])c1ccc2c(c1)c1cc(C([2H])([2H])[2H])ccc1n2-c1nc(-n2c3ccc(C([2H])([2H])[2H])cc3c3cc(C([2H])([2H])[2H])ccc32)c(C#N)c(-c2ccccc2)c1C#N. The fourth-order valence-corrected chi connectivity index (χ4v) is 6.49. The third kappa shape index (κ3) is 3.96. The molecule has 8 rings (SSSR count). The minimum Gasteiger partial charge on any atom is -0.293 e. The molecule has 0 spiro atoms. The Morgan fingerprint density at radius 1 is 0.522 bits per heavy atom. The van der Waals surface area contributed by atoms with Crippen molar-refractivity contribution in [3.05, 3.63) is 137 Å². The van der Waals surface area contributed by atoms with Crippen LogP contribution in [-0.4, -0.2) is 14.1 Å². The first-order valence-electron chi connectivity index (χ1n) is 20.3. The summed E-state index contributed by atoms with van der Waals surface area (Å²) in [6, 6.07) is 31.2. The number of pyridine rings is 1. The van der Waals surface area contributed by atoms with Crippen LogP contribution in [0.25, 0.3) is 66.4 Å². The van der Waals surface area contributed by atoms with Gasteiger partial charge in [-0.1, -0.05) is 76.9 Å². The molecular formula is C41H29N5. The van der Waals surface area contributed by atoms with Crippen molar-refractivity contribution in [2.24, 2.45) is 0 Å². The molecule has 8 aromatic rings. The van der Waals surface area contributed by atoms with Crippen molar-refractivity contribution in [1.82, 2.24) is 14.1 Å². The summed E-state index contributed by atoms with van der Waals surface area (Å²) in [6.07, 6.45) is 0. The number of aryl methyl sites for hydroxylation is 4. The van der Waals surface area contributed by atoms with Gasteiger partial charge >= 0.3 is 0 Å². The highest BCUT2D eigenvalue weighted by Crippen LogP contribution is 2.41. The molecule has 0 N–H and O–H groups in total. The summed E-state index contributed by atoms with van der Waals surface area (Å²) in [5.74, 6) is 0.0682. The molecule has 0 saturated heterocycles. The fourth-order valence-electron chi connectivity index (χ4n) is 6.49. The molecule has 3 aromatic heterocycles. The Hall–Kier alpha value is -6.17. The second-order valence-electron chi connectivity index (χ2n) is 11.1. The number of nitrogens with zero attached hydrogens (tertiary/aromatic N) is 5.